The summed E-state index contributed by atoms with van der Waals surface area (Å²) in [6, 6.07) is 4.20. The average Bonchev–Trinajstić information content (AvgIpc) is 2.47. The lowest BCUT2D eigenvalue weighted by molar-refractivity contribution is -0.304. The van der Waals surface area contributed by atoms with E-state index in [0.29, 0.717) is 10.9 Å². The standard InChI is InChI=1S/C10H8FNO2/c11-7-1-2-9-8(4-7)6(5-12-9)3-10(13)14/h1-2,4-5,12H,3H2,(H,13,14)/p-1. The molecule has 0 radical (unpaired) electrons. The van der Waals surface area contributed by atoms with Crippen LogP contribution >= 0.6 is 0 Å². The van der Waals surface area contributed by atoms with Gasteiger partial charge in [0, 0.05) is 29.5 Å². The van der Waals surface area contributed by atoms with E-state index in [9.17, 15) is 14.3 Å². The number of rotatable bonds is 2. The molecule has 0 spiro atoms. The molecule has 2 aromatic rings. The smallest absolute Gasteiger partial charge is 0.123 e. The second kappa shape index (κ2) is 3.14. The lowest BCUT2D eigenvalue weighted by Crippen LogP contribution is -2.24. The summed E-state index contributed by atoms with van der Waals surface area (Å²) in [5.41, 5.74) is 1.27. The fourth-order valence-electron chi connectivity index (χ4n) is 1.45. The van der Waals surface area contributed by atoms with Crippen LogP contribution in [0.2, 0.25) is 0 Å². The molecule has 0 atom stereocenters. The molecule has 0 amide bonds. The van der Waals surface area contributed by atoms with Gasteiger partial charge in [0.1, 0.15) is 5.82 Å². The van der Waals surface area contributed by atoms with Crippen LogP contribution in [0.15, 0.2) is 24.4 Å². The number of hydrogen-bond acceptors (Lipinski definition) is 2. The third kappa shape index (κ3) is 1.46. The fourth-order valence-corrected chi connectivity index (χ4v) is 1.45. The number of aromatic nitrogens is 1. The van der Waals surface area contributed by atoms with Crippen molar-refractivity contribution in [1.82, 2.24) is 4.98 Å². The van der Waals surface area contributed by atoms with E-state index in [1.165, 1.54) is 12.1 Å². The largest absolute Gasteiger partial charge is 0.550 e. The molecule has 1 N–H and O–H groups in total. The molecule has 14 heavy (non-hydrogen) atoms. The number of H-pyrrole nitrogens is 1. The first-order chi connectivity index (χ1) is 6.66. The number of halogens is 1. The van der Waals surface area contributed by atoms with Crippen LogP contribution in [0.1, 0.15) is 5.56 Å². The zero-order chi connectivity index (χ0) is 10.1. The summed E-state index contributed by atoms with van der Waals surface area (Å²) in [7, 11) is 0. The average molecular weight is 192 g/mol. The molecule has 4 heteroatoms. The number of carbonyl (C=O) groups is 1. The number of nitrogens with one attached hydrogen (secondary N) is 1. The monoisotopic (exact) mass is 192 g/mol. The van der Waals surface area contributed by atoms with Gasteiger partial charge in [-0.05, 0) is 23.8 Å². The van der Waals surface area contributed by atoms with Crippen LogP contribution < -0.4 is 5.11 Å². The van der Waals surface area contributed by atoms with Crippen molar-refractivity contribution < 1.29 is 14.3 Å². The fraction of sp³-hybridized carbons (Fsp3) is 0.100. The van der Waals surface area contributed by atoms with Crippen molar-refractivity contribution in [2.45, 2.75) is 6.42 Å². The van der Waals surface area contributed by atoms with Crippen LogP contribution in [0.25, 0.3) is 10.9 Å². The first-order valence-corrected chi connectivity index (χ1v) is 4.12. The van der Waals surface area contributed by atoms with Gasteiger partial charge in [0.2, 0.25) is 0 Å². The lowest BCUT2D eigenvalue weighted by Gasteiger charge is -1.99. The minimum absolute atomic E-state index is 0.205. The summed E-state index contributed by atoms with van der Waals surface area (Å²) in [5.74, 6) is -1.55. The van der Waals surface area contributed by atoms with Crippen molar-refractivity contribution in [2.24, 2.45) is 0 Å². The van der Waals surface area contributed by atoms with Crippen molar-refractivity contribution >= 4 is 16.9 Å². The Morgan fingerprint density at radius 1 is 1.50 bits per heavy atom. The number of benzene rings is 1. The zero-order valence-corrected chi connectivity index (χ0v) is 7.21. The molecule has 3 nitrogen and oxygen atoms in total. The van der Waals surface area contributed by atoms with Gasteiger partial charge in [-0.3, -0.25) is 0 Å². The first kappa shape index (κ1) is 8.74. The molecular weight excluding hydrogens is 185 g/mol. The van der Waals surface area contributed by atoms with Crippen LogP contribution in [-0.2, 0) is 11.2 Å². The van der Waals surface area contributed by atoms with E-state index in [2.05, 4.69) is 4.98 Å². The Bertz CT molecular complexity index is 490. The predicted octanol–water partition coefficient (Wildman–Crippen LogP) is 0.599. The molecule has 0 aliphatic carbocycles. The Hall–Kier alpha value is -1.84. The normalized spacial score (nSPS) is 10.6. The van der Waals surface area contributed by atoms with Crippen LogP contribution in [0.5, 0.6) is 0 Å². The van der Waals surface area contributed by atoms with E-state index >= 15 is 0 Å². The number of aliphatic carboxylic acids is 1. The number of carboxylic acid groups (broad SMARTS) is 1. The van der Waals surface area contributed by atoms with Crippen LogP contribution in [0, 0.1) is 5.82 Å². The summed E-state index contributed by atoms with van der Waals surface area (Å²) in [5, 5.41) is 11.0. The molecular formula is C10H7FNO2-. The lowest BCUT2D eigenvalue weighted by atomic mass is 10.1. The molecule has 0 saturated heterocycles. The van der Waals surface area contributed by atoms with E-state index in [0.717, 1.165) is 5.52 Å². The van der Waals surface area contributed by atoms with Crippen molar-refractivity contribution in [1.29, 1.82) is 0 Å². The predicted molar refractivity (Wildman–Crippen MR) is 47.0 cm³/mol. The number of carboxylic acids is 1. The molecule has 0 unspecified atom stereocenters. The molecule has 0 aliphatic rings. The second-order valence-corrected chi connectivity index (χ2v) is 3.05. The van der Waals surface area contributed by atoms with Crippen molar-refractivity contribution in [3.05, 3.63) is 35.8 Å². The van der Waals surface area contributed by atoms with Crippen molar-refractivity contribution in [2.75, 3.05) is 0 Å². The van der Waals surface area contributed by atoms with Crippen LogP contribution in [-0.4, -0.2) is 11.0 Å². The Balaban J connectivity index is 2.55. The SMILES string of the molecule is O=C([O-])Cc1c[nH]c2ccc(F)cc12. The maximum atomic E-state index is 12.9. The minimum Gasteiger partial charge on any atom is -0.550 e. The molecule has 2 rings (SSSR count). The van der Waals surface area contributed by atoms with Gasteiger partial charge in [-0.1, -0.05) is 0 Å². The van der Waals surface area contributed by atoms with Crippen LogP contribution in [0.3, 0.4) is 0 Å². The van der Waals surface area contributed by atoms with E-state index in [1.807, 2.05) is 0 Å². The van der Waals surface area contributed by atoms with E-state index in [4.69, 9.17) is 0 Å². The molecule has 72 valence electrons. The molecule has 0 saturated carbocycles. The molecule has 0 fully saturated rings. The van der Waals surface area contributed by atoms with Crippen molar-refractivity contribution in [3.63, 3.8) is 0 Å². The first-order valence-electron chi connectivity index (χ1n) is 4.12. The Kier molecular flexibility index (Phi) is 1.96. The van der Waals surface area contributed by atoms with E-state index in [-0.39, 0.29) is 12.2 Å². The molecule has 1 aromatic carbocycles. The zero-order valence-electron chi connectivity index (χ0n) is 7.21. The highest BCUT2D eigenvalue weighted by Crippen LogP contribution is 2.19. The Morgan fingerprint density at radius 3 is 3.00 bits per heavy atom. The van der Waals surface area contributed by atoms with Gasteiger partial charge in [-0.2, -0.15) is 0 Å². The Morgan fingerprint density at radius 2 is 2.29 bits per heavy atom. The summed E-state index contributed by atoms with van der Waals surface area (Å²) >= 11 is 0. The summed E-state index contributed by atoms with van der Waals surface area (Å²) < 4.78 is 12.9. The van der Waals surface area contributed by atoms with Gasteiger partial charge in [0.25, 0.3) is 0 Å². The second-order valence-electron chi connectivity index (χ2n) is 3.05. The number of aromatic amines is 1. The summed E-state index contributed by atoms with van der Waals surface area (Å²) in [4.78, 5) is 13.2. The van der Waals surface area contributed by atoms with Gasteiger partial charge in [-0.15, -0.1) is 0 Å². The summed E-state index contributed by atoms with van der Waals surface area (Å²) in [6.45, 7) is 0. The Labute approximate surface area is 79.2 Å². The van der Waals surface area contributed by atoms with Crippen LogP contribution in [0.4, 0.5) is 4.39 Å². The number of hydrogen-bond donors (Lipinski definition) is 1. The third-order valence-electron chi connectivity index (χ3n) is 2.06. The molecule has 1 aromatic heterocycles. The highest BCUT2D eigenvalue weighted by Gasteiger charge is 2.04. The van der Waals surface area contributed by atoms with Gasteiger partial charge in [0.05, 0.1) is 0 Å². The maximum Gasteiger partial charge on any atom is 0.123 e. The quantitative estimate of drug-likeness (QED) is 0.757. The maximum absolute atomic E-state index is 12.9. The van der Waals surface area contributed by atoms with E-state index < -0.39 is 5.97 Å². The van der Waals surface area contributed by atoms with Gasteiger partial charge in [-0.25, -0.2) is 4.39 Å². The topological polar surface area (TPSA) is 55.9 Å². The number of fused-ring (bicyclic) bond motifs is 1. The molecule has 1 heterocycles. The minimum atomic E-state index is -1.17. The molecule has 0 bridgehead atoms. The third-order valence-corrected chi connectivity index (χ3v) is 2.06. The van der Waals surface area contributed by atoms with Gasteiger partial charge < -0.3 is 14.9 Å². The van der Waals surface area contributed by atoms with E-state index in [1.54, 1.807) is 12.3 Å². The summed E-state index contributed by atoms with van der Waals surface area (Å²) in [6.07, 6.45) is 1.35. The highest BCUT2D eigenvalue weighted by molar-refractivity contribution is 5.86. The van der Waals surface area contributed by atoms with Crippen molar-refractivity contribution in [3.8, 4) is 0 Å². The highest BCUT2D eigenvalue weighted by atomic mass is 19.1. The van der Waals surface area contributed by atoms with Gasteiger partial charge in [0.15, 0.2) is 0 Å². The van der Waals surface area contributed by atoms with Gasteiger partial charge >= 0.3 is 0 Å². The number of carbonyl (C=O) groups excluding carboxylic acids is 1. The molecule has 0 aliphatic heterocycles.